The predicted octanol–water partition coefficient (Wildman–Crippen LogP) is 4.33. The van der Waals surface area contributed by atoms with Crippen LogP contribution in [-0.2, 0) is 9.59 Å². The van der Waals surface area contributed by atoms with Crippen molar-refractivity contribution in [3.05, 3.63) is 90.0 Å². The Bertz CT molecular complexity index is 1260. The van der Waals surface area contributed by atoms with Crippen LogP contribution in [0.1, 0.15) is 11.1 Å². The molecule has 0 aromatic heterocycles. The Morgan fingerprint density at radius 1 is 0.919 bits per heavy atom. The first-order chi connectivity index (χ1) is 17.1. The maximum atomic E-state index is 13.0. The maximum Gasteiger partial charge on any atom is 0.258 e. The predicted molar refractivity (Wildman–Crippen MR) is 156 cm³/mol. The van der Waals surface area contributed by atoms with E-state index in [0.29, 0.717) is 12.1 Å². The van der Waals surface area contributed by atoms with Crippen LogP contribution in [0.25, 0.3) is 11.3 Å². The van der Waals surface area contributed by atoms with Gasteiger partial charge in [-0.15, -0.1) is 24.8 Å². The minimum Gasteiger partial charge on any atom is -0.354 e. The van der Waals surface area contributed by atoms with E-state index in [9.17, 15) is 9.59 Å². The van der Waals surface area contributed by atoms with Gasteiger partial charge in [-0.1, -0.05) is 48.5 Å². The fourth-order valence-corrected chi connectivity index (χ4v) is 4.47. The normalized spacial score (nSPS) is 16.0. The van der Waals surface area contributed by atoms with Crippen molar-refractivity contribution in [3.63, 3.8) is 0 Å². The molecule has 2 aliphatic rings. The molecule has 194 valence electrons. The third-order valence-corrected chi connectivity index (χ3v) is 6.45. The highest BCUT2D eigenvalue weighted by molar-refractivity contribution is 6.37. The molecule has 5 rings (SSSR count). The Kier molecular flexibility index (Phi) is 9.72. The van der Waals surface area contributed by atoms with E-state index in [1.165, 1.54) is 0 Å². The number of carbonyl (C=O) groups is 2. The molecule has 2 amide bonds. The zero-order valence-electron chi connectivity index (χ0n) is 20.6. The summed E-state index contributed by atoms with van der Waals surface area (Å²) < 4.78 is 0. The van der Waals surface area contributed by atoms with Crippen LogP contribution in [0.15, 0.2) is 78.9 Å². The maximum absolute atomic E-state index is 13.0. The van der Waals surface area contributed by atoms with Gasteiger partial charge in [0.05, 0.1) is 17.8 Å². The lowest BCUT2D eigenvalue weighted by Gasteiger charge is -2.28. The van der Waals surface area contributed by atoms with E-state index in [0.717, 1.165) is 60.1 Å². The highest BCUT2D eigenvalue weighted by Gasteiger charge is 2.28. The number of likely N-dealkylation sites (N-methyl/N-ethyl adjacent to an activating group) is 1. The number of hydrogen-bond acceptors (Lipinski definition) is 5. The van der Waals surface area contributed by atoms with E-state index >= 15 is 0 Å². The van der Waals surface area contributed by atoms with Crippen molar-refractivity contribution >= 4 is 65.0 Å². The van der Waals surface area contributed by atoms with Crippen molar-refractivity contribution in [2.75, 3.05) is 55.3 Å². The first-order valence-corrected chi connectivity index (χ1v) is 11.9. The van der Waals surface area contributed by atoms with Gasteiger partial charge in [0.25, 0.3) is 5.91 Å². The zero-order valence-corrected chi connectivity index (χ0v) is 22.2. The van der Waals surface area contributed by atoms with E-state index in [2.05, 4.69) is 20.9 Å². The SMILES string of the molecule is CN(C(=O)CN1CCNCC1)c1ccc(N/C(=C2\C(=O)Nc3ccccc32)c2ccccc2)cc1.Cl.Cl. The number of anilines is 3. The van der Waals surface area contributed by atoms with Gasteiger partial charge >= 0.3 is 0 Å². The van der Waals surface area contributed by atoms with E-state index in [-0.39, 0.29) is 36.6 Å². The van der Waals surface area contributed by atoms with Crippen molar-refractivity contribution in [3.8, 4) is 0 Å². The number of amides is 2. The summed E-state index contributed by atoms with van der Waals surface area (Å²) >= 11 is 0. The number of nitrogens with zero attached hydrogens (tertiary/aromatic N) is 2. The van der Waals surface area contributed by atoms with E-state index < -0.39 is 0 Å². The minimum atomic E-state index is -0.132. The van der Waals surface area contributed by atoms with Crippen molar-refractivity contribution in [2.24, 2.45) is 0 Å². The molecule has 0 atom stereocenters. The molecule has 9 heteroatoms. The summed E-state index contributed by atoms with van der Waals surface area (Å²) in [5.74, 6) is -0.0636. The third kappa shape index (κ3) is 6.32. The van der Waals surface area contributed by atoms with Crippen LogP contribution in [0.2, 0.25) is 0 Å². The standard InChI is InChI=1S/C28H29N5O2.2ClH/c1-32(25(34)19-33-17-15-29-16-18-33)22-13-11-21(12-14-22)30-27(20-7-3-2-4-8-20)26-23-9-5-6-10-24(23)31-28(26)35;;/h2-14,29-30H,15-19H2,1H3,(H,31,35);2*1H/b27-26-;;. The number of hydrogen-bond donors (Lipinski definition) is 3. The Morgan fingerprint density at radius 2 is 1.57 bits per heavy atom. The molecule has 37 heavy (non-hydrogen) atoms. The van der Waals surface area contributed by atoms with Crippen LogP contribution >= 0.6 is 24.8 Å². The number of carbonyl (C=O) groups excluding carboxylic acids is 2. The van der Waals surface area contributed by atoms with Crippen LogP contribution in [-0.4, -0.2) is 56.5 Å². The summed E-state index contributed by atoms with van der Waals surface area (Å²) in [7, 11) is 1.81. The van der Waals surface area contributed by atoms with Crippen LogP contribution < -0.4 is 20.9 Å². The summed E-state index contributed by atoms with van der Waals surface area (Å²) in [6.07, 6.45) is 0. The molecule has 0 bridgehead atoms. The molecule has 3 N–H and O–H groups in total. The van der Waals surface area contributed by atoms with Crippen LogP contribution in [0.5, 0.6) is 0 Å². The first kappa shape index (κ1) is 28.2. The molecule has 1 saturated heterocycles. The number of para-hydroxylation sites is 1. The van der Waals surface area contributed by atoms with Gasteiger partial charge in [-0.2, -0.15) is 0 Å². The van der Waals surface area contributed by atoms with Gasteiger partial charge < -0.3 is 20.9 Å². The quantitative estimate of drug-likeness (QED) is 0.406. The van der Waals surface area contributed by atoms with Gasteiger partial charge in [-0.3, -0.25) is 14.5 Å². The van der Waals surface area contributed by atoms with E-state index in [1.54, 1.807) is 4.90 Å². The number of nitrogens with one attached hydrogen (secondary N) is 3. The fraction of sp³-hybridized carbons (Fsp3) is 0.214. The third-order valence-electron chi connectivity index (χ3n) is 6.45. The Balaban J connectivity index is 0.00000190. The topological polar surface area (TPSA) is 76.7 Å². The molecule has 0 saturated carbocycles. The highest BCUT2D eigenvalue weighted by atomic mass is 35.5. The first-order valence-electron chi connectivity index (χ1n) is 11.9. The lowest BCUT2D eigenvalue weighted by Crippen LogP contribution is -2.47. The molecule has 3 aromatic carbocycles. The molecule has 7 nitrogen and oxygen atoms in total. The largest absolute Gasteiger partial charge is 0.354 e. The van der Waals surface area contributed by atoms with Crippen LogP contribution in [0.3, 0.4) is 0 Å². The summed E-state index contributed by atoms with van der Waals surface area (Å²) in [5.41, 5.74) is 5.61. The van der Waals surface area contributed by atoms with Gasteiger partial charge in [0.2, 0.25) is 5.91 Å². The molecule has 2 heterocycles. The van der Waals surface area contributed by atoms with Gasteiger partial charge in [0.15, 0.2) is 0 Å². The lowest BCUT2D eigenvalue weighted by molar-refractivity contribution is -0.119. The lowest BCUT2D eigenvalue weighted by atomic mass is 10.00. The second kappa shape index (κ2) is 12.7. The summed E-state index contributed by atoms with van der Waals surface area (Å²) in [6, 6.07) is 25.3. The molecule has 3 aromatic rings. The average molecular weight is 540 g/mol. The number of fused-ring (bicyclic) bond motifs is 1. The van der Waals surface area contributed by atoms with Crippen molar-refractivity contribution < 1.29 is 9.59 Å². The molecular weight excluding hydrogens is 509 g/mol. The van der Waals surface area contributed by atoms with Gasteiger partial charge in [-0.25, -0.2) is 0 Å². The number of piperazine rings is 1. The van der Waals surface area contributed by atoms with Crippen LogP contribution in [0, 0.1) is 0 Å². The van der Waals surface area contributed by atoms with Gasteiger partial charge in [0.1, 0.15) is 0 Å². The Morgan fingerprint density at radius 3 is 2.27 bits per heavy atom. The van der Waals surface area contributed by atoms with E-state index in [4.69, 9.17) is 0 Å². The molecule has 0 aliphatic carbocycles. The number of benzene rings is 3. The van der Waals surface area contributed by atoms with Crippen LogP contribution in [0.4, 0.5) is 17.1 Å². The minimum absolute atomic E-state index is 0. The Labute approximate surface area is 229 Å². The molecule has 0 unspecified atom stereocenters. The van der Waals surface area contributed by atoms with Gasteiger partial charge in [-0.05, 0) is 35.9 Å². The van der Waals surface area contributed by atoms with Gasteiger partial charge in [0, 0.05) is 55.9 Å². The Hall–Kier alpha value is -3.36. The summed E-state index contributed by atoms with van der Waals surface area (Å²) in [6.45, 7) is 4.02. The van der Waals surface area contributed by atoms with Crippen molar-refractivity contribution in [1.29, 1.82) is 0 Å². The summed E-state index contributed by atoms with van der Waals surface area (Å²) in [4.78, 5) is 29.6. The molecule has 2 aliphatic heterocycles. The van der Waals surface area contributed by atoms with E-state index in [1.807, 2.05) is 85.9 Å². The molecule has 0 radical (unpaired) electrons. The second-order valence-electron chi connectivity index (χ2n) is 8.77. The average Bonchev–Trinajstić information content (AvgIpc) is 3.23. The molecular formula is C28H31Cl2N5O2. The summed E-state index contributed by atoms with van der Waals surface area (Å²) in [5, 5.41) is 9.74. The smallest absolute Gasteiger partial charge is 0.258 e. The molecule has 0 spiro atoms. The number of halogens is 2. The zero-order chi connectivity index (χ0) is 24.2. The molecule has 1 fully saturated rings. The fourth-order valence-electron chi connectivity index (χ4n) is 4.47. The number of rotatable bonds is 6. The second-order valence-corrected chi connectivity index (χ2v) is 8.77. The monoisotopic (exact) mass is 539 g/mol. The van der Waals surface area contributed by atoms with Crippen molar-refractivity contribution in [2.45, 2.75) is 0 Å². The van der Waals surface area contributed by atoms with Crippen molar-refractivity contribution in [1.82, 2.24) is 10.2 Å². The highest BCUT2D eigenvalue weighted by Crippen LogP contribution is 2.37.